The number of piperazine rings is 1. The van der Waals surface area contributed by atoms with Crippen molar-refractivity contribution in [2.75, 3.05) is 44.2 Å². The maximum absolute atomic E-state index is 9.14. The van der Waals surface area contributed by atoms with Crippen LogP contribution in [0.25, 0.3) is 11.4 Å². The minimum atomic E-state index is 0.165. The molecule has 6 rings (SSSR count). The lowest BCUT2D eigenvalue weighted by molar-refractivity contribution is 0.188. The highest BCUT2D eigenvalue weighted by molar-refractivity contribution is 5.58. The second-order valence-electron chi connectivity index (χ2n) is 7.81. The Labute approximate surface area is 153 Å². The second kappa shape index (κ2) is 6.28. The molecule has 4 heterocycles. The number of aryl methyl sites for hydroxylation is 1. The van der Waals surface area contributed by atoms with Gasteiger partial charge in [0.15, 0.2) is 5.82 Å². The van der Waals surface area contributed by atoms with Crippen molar-refractivity contribution in [2.45, 2.75) is 31.1 Å². The molecule has 1 saturated heterocycles. The molecule has 1 spiro atoms. The van der Waals surface area contributed by atoms with E-state index in [4.69, 9.17) is 20.1 Å². The van der Waals surface area contributed by atoms with Gasteiger partial charge in [0, 0.05) is 43.7 Å². The van der Waals surface area contributed by atoms with Gasteiger partial charge in [0.25, 0.3) is 0 Å². The van der Waals surface area contributed by atoms with Crippen molar-refractivity contribution < 1.29 is 5.11 Å². The lowest BCUT2D eigenvalue weighted by Crippen LogP contribution is -2.48. The third-order valence-corrected chi connectivity index (χ3v) is 6.13. The molecule has 1 aromatic carbocycles. The zero-order chi connectivity index (χ0) is 17.6. The Morgan fingerprint density at radius 2 is 1.69 bits per heavy atom. The number of anilines is 1. The average molecular weight is 351 g/mol. The molecule has 1 saturated carbocycles. The monoisotopic (exact) mass is 351 g/mol. The molecule has 0 unspecified atom stereocenters. The van der Waals surface area contributed by atoms with Crippen molar-refractivity contribution in [3.63, 3.8) is 0 Å². The summed E-state index contributed by atoms with van der Waals surface area (Å²) in [6.45, 7) is 4.65. The molecule has 0 atom stereocenters. The van der Waals surface area contributed by atoms with Crippen LogP contribution in [-0.2, 0) is 11.8 Å². The molecule has 6 heteroatoms. The third-order valence-electron chi connectivity index (χ3n) is 6.13. The Kier molecular flexibility index (Phi) is 3.90. The number of hydrogen-bond acceptors (Lipinski definition) is 6. The molecule has 2 aromatic rings. The first-order valence-corrected chi connectivity index (χ1v) is 9.70. The molecule has 0 amide bonds. The molecule has 1 aliphatic carbocycles. The summed E-state index contributed by atoms with van der Waals surface area (Å²) in [7, 11) is 0. The van der Waals surface area contributed by atoms with Crippen molar-refractivity contribution in [3.8, 4) is 11.4 Å². The van der Waals surface area contributed by atoms with Gasteiger partial charge < -0.3 is 10.0 Å². The lowest BCUT2D eigenvalue weighted by Gasteiger charge is -2.34. The molecule has 4 bridgehead atoms. The van der Waals surface area contributed by atoms with Crippen LogP contribution < -0.4 is 4.90 Å². The Morgan fingerprint density at radius 1 is 0.923 bits per heavy atom. The summed E-state index contributed by atoms with van der Waals surface area (Å²) in [5.41, 5.74) is 2.64. The maximum atomic E-state index is 9.14. The standard InChI is InChI=1S/C20H25N5O/c26-14-13-24-9-11-25(12-10-24)19-22-17-16-3-1-15(2-4-16)5-6-20(7-8-20)18(21-17)23-19/h1-4,26H,5-14H2. The van der Waals surface area contributed by atoms with Gasteiger partial charge in [0.2, 0.25) is 5.95 Å². The average Bonchev–Trinajstić information content (AvgIpc) is 3.48. The number of hydrogen-bond donors (Lipinski definition) is 1. The SMILES string of the molecule is OCCN1CCN(c2nc3nc(n2)C2(CCc4ccc-3cc4)CC2)CC1. The van der Waals surface area contributed by atoms with E-state index >= 15 is 0 Å². The fourth-order valence-corrected chi connectivity index (χ4v) is 4.13. The number of benzene rings is 1. The van der Waals surface area contributed by atoms with E-state index in [2.05, 4.69) is 34.1 Å². The normalized spacial score (nSPS) is 21.2. The molecule has 1 aromatic heterocycles. The fourth-order valence-electron chi connectivity index (χ4n) is 4.13. The van der Waals surface area contributed by atoms with Crippen LogP contribution >= 0.6 is 0 Å². The molecule has 6 nitrogen and oxygen atoms in total. The minimum absolute atomic E-state index is 0.165. The highest BCUT2D eigenvalue weighted by Crippen LogP contribution is 2.51. The van der Waals surface area contributed by atoms with Gasteiger partial charge in [-0.2, -0.15) is 9.97 Å². The fraction of sp³-hybridized carbons (Fsp3) is 0.550. The summed E-state index contributed by atoms with van der Waals surface area (Å²) in [5, 5.41) is 9.14. The minimum Gasteiger partial charge on any atom is -0.395 e. The summed E-state index contributed by atoms with van der Waals surface area (Å²) in [5.74, 6) is 2.63. The Balaban J connectivity index is 1.51. The quantitative estimate of drug-likeness (QED) is 0.907. The van der Waals surface area contributed by atoms with Gasteiger partial charge in [-0.05, 0) is 31.2 Å². The van der Waals surface area contributed by atoms with Gasteiger partial charge in [0.05, 0.1) is 6.61 Å². The van der Waals surface area contributed by atoms with Gasteiger partial charge in [0.1, 0.15) is 5.82 Å². The van der Waals surface area contributed by atoms with E-state index in [1.54, 1.807) is 0 Å². The van der Waals surface area contributed by atoms with Gasteiger partial charge in [-0.1, -0.05) is 24.3 Å². The number of aromatic nitrogens is 3. The van der Waals surface area contributed by atoms with E-state index in [9.17, 15) is 0 Å². The molecule has 4 aliphatic rings. The van der Waals surface area contributed by atoms with Crippen LogP contribution in [0.15, 0.2) is 24.3 Å². The van der Waals surface area contributed by atoms with Gasteiger partial charge in [-0.3, -0.25) is 4.90 Å². The Hall–Kier alpha value is -2.05. The van der Waals surface area contributed by atoms with Crippen LogP contribution in [-0.4, -0.2) is 64.3 Å². The number of aliphatic hydroxyl groups excluding tert-OH is 1. The summed E-state index contributed by atoms with van der Waals surface area (Å²) in [6, 6.07) is 8.71. The van der Waals surface area contributed by atoms with Gasteiger partial charge in [-0.25, -0.2) is 4.98 Å². The predicted octanol–water partition coefficient (Wildman–Crippen LogP) is 1.63. The molecule has 3 aliphatic heterocycles. The van der Waals surface area contributed by atoms with Crippen molar-refractivity contribution in [2.24, 2.45) is 0 Å². The summed E-state index contributed by atoms with van der Waals surface area (Å²) < 4.78 is 0. The maximum Gasteiger partial charge on any atom is 0.229 e. The van der Waals surface area contributed by atoms with Crippen molar-refractivity contribution in [3.05, 3.63) is 35.7 Å². The molecular formula is C20H25N5O. The number of aliphatic hydroxyl groups is 1. The summed E-state index contributed by atoms with van der Waals surface area (Å²) in [6.07, 6.45) is 4.60. The van der Waals surface area contributed by atoms with E-state index in [0.717, 1.165) is 68.7 Å². The zero-order valence-electron chi connectivity index (χ0n) is 15.1. The number of β-amino-alcohol motifs (C(OH)–C–C–N with tert-alkyl or cyclic N) is 1. The van der Waals surface area contributed by atoms with E-state index in [-0.39, 0.29) is 12.0 Å². The number of rotatable bonds is 3. The molecular weight excluding hydrogens is 326 g/mol. The van der Waals surface area contributed by atoms with E-state index in [0.29, 0.717) is 0 Å². The Bertz CT molecular complexity index is 794. The van der Waals surface area contributed by atoms with Crippen molar-refractivity contribution in [1.29, 1.82) is 0 Å². The predicted molar refractivity (Wildman–Crippen MR) is 100 cm³/mol. The molecule has 1 N–H and O–H groups in total. The van der Waals surface area contributed by atoms with Crippen molar-refractivity contribution >= 4 is 5.95 Å². The van der Waals surface area contributed by atoms with Crippen molar-refractivity contribution in [1.82, 2.24) is 19.9 Å². The smallest absolute Gasteiger partial charge is 0.229 e. The summed E-state index contributed by atoms with van der Waals surface area (Å²) >= 11 is 0. The second-order valence-corrected chi connectivity index (χ2v) is 7.81. The molecule has 26 heavy (non-hydrogen) atoms. The van der Waals surface area contributed by atoms with Crippen LogP contribution in [0.3, 0.4) is 0 Å². The lowest BCUT2D eigenvalue weighted by atomic mass is 9.94. The topological polar surface area (TPSA) is 65.4 Å². The zero-order valence-corrected chi connectivity index (χ0v) is 15.1. The first-order valence-electron chi connectivity index (χ1n) is 9.70. The Morgan fingerprint density at radius 3 is 2.38 bits per heavy atom. The first-order chi connectivity index (χ1) is 12.8. The van der Waals surface area contributed by atoms with Crippen LogP contribution in [0.2, 0.25) is 0 Å². The van der Waals surface area contributed by atoms with Crippen LogP contribution in [0.4, 0.5) is 5.95 Å². The van der Waals surface area contributed by atoms with E-state index in [1.807, 2.05) is 0 Å². The van der Waals surface area contributed by atoms with E-state index < -0.39 is 0 Å². The van der Waals surface area contributed by atoms with E-state index in [1.165, 1.54) is 18.4 Å². The first kappa shape index (κ1) is 16.1. The van der Waals surface area contributed by atoms with Gasteiger partial charge >= 0.3 is 0 Å². The molecule has 136 valence electrons. The highest BCUT2D eigenvalue weighted by atomic mass is 16.3. The summed E-state index contributed by atoms with van der Waals surface area (Å²) in [4.78, 5) is 19.2. The largest absolute Gasteiger partial charge is 0.395 e. The molecule has 0 radical (unpaired) electrons. The molecule has 2 fully saturated rings. The third kappa shape index (κ3) is 2.87. The highest BCUT2D eigenvalue weighted by Gasteiger charge is 2.47. The van der Waals surface area contributed by atoms with Gasteiger partial charge in [-0.15, -0.1) is 0 Å². The number of nitrogens with zero attached hydrogens (tertiary/aromatic N) is 5. The number of fused-ring (bicyclic) bond motifs is 3. The van der Waals surface area contributed by atoms with Crippen LogP contribution in [0.5, 0.6) is 0 Å². The van der Waals surface area contributed by atoms with Crippen LogP contribution in [0.1, 0.15) is 30.7 Å². The van der Waals surface area contributed by atoms with Crippen LogP contribution in [0, 0.1) is 0 Å².